The molecule has 0 radical (unpaired) electrons. The molecule has 1 fully saturated rings. The van der Waals surface area contributed by atoms with Crippen LogP contribution in [0.4, 0.5) is 5.69 Å². The highest BCUT2D eigenvalue weighted by Gasteiger charge is 2.23. The highest BCUT2D eigenvalue weighted by atomic mass is 35.5. The number of morpholine rings is 1. The first-order valence-electron chi connectivity index (χ1n) is 9.29. The number of ether oxygens (including phenoxy) is 1. The van der Waals surface area contributed by atoms with Gasteiger partial charge >= 0.3 is 0 Å². The average molecular weight is 430 g/mol. The zero-order valence-corrected chi connectivity index (χ0v) is 17.8. The topological polar surface area (TPSA) is 65.7 Å². The lowest BCUT2D eigenvalue weighted by molar-refractivity contribution is 0.0303. The predicted octanol–water partition coefficient (Wildman–Crippen LogP) is 4.98. The minimum Gasteiger partial charge on any atom is -0.378 e. The van der Waals surface area contributed by atoms with Gasteiger partial charge in [-0.3, -0.25) is 9.79 Å². The summed E-state index contributed by atoms with van der Waals surface area (Å²) >= 11 is 13.0. The first-order chi connectivity index (χ1) is 13.9. The van der Waals surface area contributed by atoms with E-state index in [1.807, 2.05) is 19.9 Å². The maximum Gasteiger partial charge on any atom is 0.255 e. The van der Waals surface area contributed by atoms with Crippen molar-refractivity contribution >= 4 is 40.5 Å². The van der Waals surface area contributed by atoms with E-state index in [1.54, 1.807) is 29.2 Å². The van der Waals surface area contributed by atoms with Crippen LogP contribution in [0.3, 0.4) is 0 Å². The Labute approximate surface area is 180 Å². The Bertz CT molecular complexity index is 1010. The third-order valence-corrected chi connectivity index (χ3v) is 5.58. The largest absolute Gasteiger partial charge is 0.378 e. The molecule has 0 aliphatic carbocycles. The Morgan fingerprint density at radius 3 is 2.66 bits per heavy atom. The lowest BCUT2D eigenvalue weighted by Crippen LogP contribution is -2.40. The normalized spacial score (nSPS) is 14.6. The summed E-state index contributed by atoms with van der Waals surface area (Å²) in [6, 6.07) is 10.9. The van der Waals surface area contributed by atoms with Crippen LogP contribution in [0.2, 0.25) is 10.0 Å². The molecule has 0 atom stereocenters. The third kappa shape index (κ3) is 4.97. The van der Waals surface area contributed by atoms with Gasteiger partial charge in [-0.1, -0.05) is 29.3 Å². The Hall–Kier alpha value is -2.39. The van der Waals surface area contributed by atoms with Gasteiger partial charge in [0.15, 0.2) is 0 Å². The number of nitrogens with zero attached hydrogens (tertiary/aromatic N) is 3. The van der Waals surface area contributed by atoms with Crippen LogP contribution in [-0.2, 0) is 11.2 Å². The number of hydrogen-bond acceptors (Lipinski definition) is 4. The SMILES string of the molecule is C/C(Cc1c(Cl)ccc(C(=O)N2CCOCC2)c1Cl)=N\c1cc(C#N)ccc1C. The number of halogens is 2. The van der Waals surface area contributed by atoms with Crippen LogP contribution in [0.5, 0.6) is 0 Å². The molecule has 1 heterocycles. The highest BCUT2D eigenvalue weighted by molar-refractivity contribution is 6.38. The fourth-order valence-electron chi connectivity index (χ4n) is 3.16. The molecule has 0 saturated carbocycles. The van der Waals surface area contributed by atoms with E-state index in [0.717, 1.165) is 17.0 Å². The zero-order valence-electron chi connectivity index (χ0n) is 16.3. The predicted molar refractivity (Wildman–Crippen MR) is 116 cm³/mol. The minimum absolute atomic E-state index is 0.122. The molecule has 5 nitrogen and oxygen atoms in total. The summed E-state index contributed by atoms with van der Waals surface area (Å²) in [6.45, 7) is 5.95. The molecule has 0 aromatic heterocycles. The number of hydrogen-bond donors (Lipinski definition) is 0. The van der Waals surface area contributed by atoms with Crippen LogP contribution in [-0.4, -0.2) is 42.8 Å². The van der Waals surface area contributed by atoms with Gasteiger partial charge in [-0.05, 0) is 49.2 Å². The zero-order chi connectivity index (χ0) is 21.0. The standard InChI is InChI=1S/C22H21Cl2N3O2/c1-14-3-4-16(13-25)12-20(14)26-15(2)11-18-19(23)6-5-17(21(18)24)22(28)27-7-9-29-10-8-27/h3-6,12H,7-11H2,1-2H3/b26-15+. The molecule has 150 valence electrons. The number of rotatable bonds is 4. The number of aliphatic imine (C=N–C) groups is 1. The maximum atomic E-state index is 12.9. The molecule has 1 aliphatic heterocycles. The van der Waals surface area contributed by atoms with Crippen LogP contribution >= 0.6 is 23.2 Å². The van der Waals surface area contributed by atoms with Crippen molar-refractivity contribution in [3.63, 3.8) is 0 Å². The molecule has 2 aromatic rings. The summed E-state index contributed by atoms with van der Waals surface area (Å²) in [5.74, 6) is -0.122. The van der Waals surface area contributed by atoms with E-state index in [-0.39, 0.29) is 5.91 Å². The summed E-state index contributed by atoms with van der Waals surface area (Å²) in [6.07, 6.45) is 0.401. The van der Waals surface area contributed by atoms with Gasteiger partial charge in [0, 0.05) is 30.2 Å². The molecular weight excluding hydrogens is 409 g/mol. The van der Waals surface area contributed by atoms with E-state index in [4.69, 9.17) is 33.2 Å². The van der Waals surface area contributed by atoms with Gasteiger partial charge in [0.05, 0.1) is 41.1 Å². The van der Waals surface area contributed by atoms with Crippen molar-refractivity contribution < 1.29 is 9.53 Å². The number of amides is 1. The summed E-state index contributed by atoms with van der Waals surface area (Å²) in [5.41, 5.74) is 4.14. The molecule has 0 unspecified atom stereocenters. The van der Waals surface area contributed by atoms with Gasteiger partial charge in [-0.25, -0.2) is 0 Å². The summed E-state index contributed by atoms with van der Waals surface area (Å²) in [4.78, 5) is 19.2. The molecule has 7 heteroatoms. The second-order valence-electron chi connectivity index (χ2n) is 6.93. The maximum absolute atomic E-state index is 12.9. The molecule has 1 aliphatic rings. The van der Waals surface area contributed by atoms with E-state index in [2.05, 4.69) is 11.1 Å². The summed E-state index contributed by atoms with van der Waals surface area (Å²) in [5, 5.41) is 9.95. The van der Waals surface area contributed by atoms with E-state index in [0.29, 0.717) is 59.5 Å². The number of nitriles is 1. The minimum atomic E-state index is -0.122. The number of benzene rings is 2. The van der Waals surface area contributed by atoms with E-state index in [1.165, 1.54) is 0 Å². The fourth-order valence-corrected chi connectivity index (χ4v) is 3.75. The number of carbonyl (C=O) groups excluding carboxylic acids is 1. The molecule has 29 heavy (non-hydrogen) atoms. The lowest BCUT2D eigenvalue weighted by atomic mass is 10.0. The highest BCUT2D eigenvalue weighted by Crippen LogP contribution is 2.31. The van der Waals surface area contributed by atoms with Gasteiger partial charge < -0.3 is 9.64 Å². The second kappa shape index (κ2) is 9.41. The van der Waals surface area contributed by atoms with Gasteiger partial charge in [-0.15, -0.1) is 0 Å². The molecule has 3 rings (SSSR count). The number of aryl methyl sites for hydroxylation is 1. The monoisotopic (exact) mass is 429 g/mol. The molecule has 2 aromatic carbocycles. The van der Waals surface area contributed by atoms with E-state index in [9.17, 15) is 4.79 Å². The molecule has 1 saturated heterocycles. The van der Waals surface area contributed by atoms with Crippen LogP contribution in [0.25, 0.3) is 0 Å². The Morgan fingerprint density at radius 2 is 1.97 bits per heavy atom. The quantitative estimate of drug-likeness (QED) is 0.643. The average Bonchev–Trinajstić information content (AvgIpc) is 2.73. The first-order valence-corrected chi connectivity index (χ1v) is 10.0. The molecule has 0 N–H and O–H groups in total. The van der Waals surface area contributed by atoms with Crippen molar-refractivity contribution in [2.45, 2.75) is 20.3 Å². The second-order valence-corrected chi connectivity index (χ2v) is 7.71. The van der Waals surface area contributed by atoms with Crippen molar-refractivity contribution in [1.29, 1.82) is 5.26 Å². The molecule has 0 bridgehead atoms. The van der Waals surface area contributed by atoms with Crippen LogP contribution in [0.15, 0.2) is 35.3 Å². The van der Waals surface area contributed by atoms with Gasteiger partial charge in [0.2, 0.25) is 0 Å². The Balaban J connectivity index is 1.89. The van der Waals surface area contributed by atoms with Gasteiger partial charge in [0.25, 0.3) is 5.91 Å². The molecule has 0 spiro atoms. The van der Waals surface area contributed by atoms with Gasteiger partial charge in [-0.2, -0.15) is 5.26 Å². The van der Waals surface area contributed by atoms with Crippen LogP contribution in [0.1, 0.15) is 34.0 Å². The smallest absolute Gasteiger partial charge is 0.255 e. The van der Waals surface area contributed by atoms with Crippen molar-refractivity contribution in [2.24, 2.45) is 4.99 Å². The lowest BCUT2D eigenvalue weighted by Gasteiger charge is -2.27. The Morgan fingerprint density at radius 1 is 1.24 bits per heavy atom. The first kappa shape index (κ1) is 21.3. The van der Waals surface area contributed by atoms with Crippen molar-refractivity contribution in [3.8, 4) is 6.07 Å². The van der Waals surface area contributed by atoms with Crippen molar-refractivity contribution in [2.75, 3.05) is 26.3 Å². The Kier molecular flexibility index (Phi) is 6.92. The van der Waals surface area contributed by atoms with Crippen molar-refractivity contribution in [1.82, 2.24) is 4.90 Å². The number of carbonyl (C=O) groups is 1. The van der Waals surface area contributed by atoms with Crippen LogP contribution in [0, 0.1) is 18.3 Å². The third-order valence-electron chi connectivity index (χ3n) is 4.80. The van der Waals surface area contributed by atoms with Crippen LogP contribution < -0.4 is 0 Å². The molecular formula is C22H21Cl2N3O2. The molecule has 1 amide bonds. The summed E-state index contributed by atoms with van der Waals surface area (Å²) < 4.78 is 5.31. The van der Waals surface area contributed by atoms with E-state index < -0.39 is 0 Å². The van der Waals surface area contributed by atoms with Gasteiger partial charge in [0.1, 0.15) is 0 Å². The summed E-state index contributed by atoms with van der Waals surface area (Å²) in [7, 11) is 0. The van der Waals surface area contributed by atoms with E-state index >= 15 is 0 Å². The van der Waals surface area contributed by atoms with Crippen molar-refractivity contribution in [3.05, 3.63) is 62.6 Å². The fraction of sp³-hybridized carbons (Fsp3) is 0.318.